The van der Waals surface area contributed by atoms with Crippen molar-refractivity contribution < 1.29 is 38.6 Å². The van der Waals surface area contributed by atoms with Crippen molar-refractivity contribution in [3.8, 4) is 0 Å². The van der Waals surface area contributed by atoms with Gasteiger partial charge in [-0.1, -0.05) is 0 Å². The largest absolute Gasteiger partial charge is 0.480 e. The Labute approximate surface area is 213 Å². The third kappa shape index (κ3) is 6.92. The van der Waals surface area contributed by atoms with Gasteiger partial charge in [-0.2, -0.15) is 0 Å². The number of piperazine rings is 2. The van der Waals surface area contributed by atoms with Crippen LogP contribution in [-0.4, -0.2) is 126 Å². The molecule has 0 aliphatic carbocycles. The lowest BCUT2D eigenvalue weighted by molar-refractivity contribution is -0.160. The van der Waals surface area contributed by atoms with Gasteiger partial charge in [0.25, 0.3) is 0 Å². The first-order chi connectivity index (χ1) is 17.7. The van der Waals surface area contributed by atoms with Gasteiger partial charge in [-0.05, 0) is 12.1 Å². The van der Waals surface area contributed by atoms with E-state index in [1.165, 1.54) is 0 Å². The molecule has 0 unspecified atom stereocenters. The maximum Gasteiger partial charge on any atom is 0.323 e. The van der Waals surface area contributed by atoms with Gasteiger partial charge in [0.1, 0.15) is 18.6 Å². The summed E-state index contributed by atoms with van der Waals surface area (Å²) < 4.78 is 4.63. The van der Waals surface area contributed by atoms with Crippen LogP contribution in [0.3, 0.4) is 0 Å². The van der Waals surface area contributed by atoms with E-state index in [9.17, 15) is 28.8 Å². The van der Waals surface area contributed by atoms with Gasteiger partial charge in [0.05, 0.1) is 20.0 Å². The Kier molecular flexibility index (Phi) is 9.35. The summed E-state index contributed by atoms with van der Waals surface area (Å²) >= 11 is 0. The third-order valence-corrected chi connectivity index (χ3v) is 6.39. The predicted molar refractivity (Wildman–Crippen MR) is 127 cm³/mol. The molecule has 0 bridgehead atoms. The fraction of sp³-hybridized carbons (Fsp3) is 0.522. The fourth-order valence-electron chi connectivity index (χ4n) is 4.43. The monoisotopic (exact) mass is 518 g/mol. The molecule has 14 nitrogen and oxygen atoms in total. The molecule has 4 amide bonds. The number of carbonyl (C=O) groups is 6. The summed E-state index contributed by atoms with van der Waals surface area (Å²) in [5, 5.41) is 11.4. The van der Waals surface area contributed by atoms with E-state index in [1.54, 1.807) is 17.3 Å². The van der Waals surface area contributed by atoms with Crippen LogP contribution in [0.1, 0.15) is 12.8 Å². The molecule has 2 N–H and O–H groups in total. The highest BCUT2D eigenvalue weighted by molar-refractivity contribution is 5.96. The number of amides is 4. The highest BCUT2D eigenvalue weighted by Crippen LogP contribution is 2.19. The lowest BCUT2D eigenvalue weighted by Gasteiger charge is -2.41. The van der Waals surface area contributed by atoms with Gasteiger partial charge < -0.3 is 34.8 Å². The molecule has 200 valence electrons. The van der Waals surface area contributed by atoms with Crippen LogP contribution in [-0.2, 0) is 33.5 Å². The number of rotatable bonds is 10. The van der Waals surface area contributed by atoms with E-state index in [1.807, 2.05) is 12.1 Å². The number of carbonyl (C=O) groups excluding carboxylic acids is 5. The average Bonchev–Trinajstić information content (AvgIpc) is 2.90. The number of pyridine rings is 1. The van der Waals surface area contributed by atoms with Crippen molar-refractivity contribution in [2.24, 2.45) is 0 Å². The number of carboxylic acids is 1. The van der Waals surface area contributed by atoms with E-state index >= 15 is 0 Å². The number of esters is 1. The number of anilines is 1. The van der Waals surface area contributed by atoms with Crippen LogP contribution in [0.25, 0.3) is 0 Å². The van der Waals surface area contributed by atoms with Gasteiger partial charge in [-0.15, -0.1) is 0 Å². The van der Waals surface area contributed by atoms with Crippen molar-refractivity contribution in [2.45, 2.75) is 24.9 Å². The lowest BCUT2D eigenvalue weighted by atomic mass is 10.0. The smallest absolute Gasteiger partial charge is 0.323 e. The Morgan fingerprint density at radius 2 is 1.81 bits per heavy atom. The Morgan fingerprint density at radius 1 is 1.14 bits per heavy atom. The molecule has 1 aromatic rings. The second-order valence-electron chi connectivity index (χ2n) is 8.60. The van der Waals surface area contributed by atoms with Crippen molar-refractivity contribution in [2.75, 3.05) is 57.8 Å². The van der Waals surface area contributed by atoms with Crippen LogP contribution in [0.4, 0.5) is 5.69 Å². The van der Waals surface area contributed by atoms with E-state index < -0.39 is 48.8 Å². The third-order valence-electron chi connectivity index (χ3n) is 6.39. The highest BCUT2D eigenvalue weighted by Gasteiger charge is 2.42. The zero-order chi connectivity index (χ0) is 26.9. The molecule has 0 aromatic carbocycles. The summed E-state index contributed by atoms with van der Waals surface area (Å²) in [5.74, 6) is -3.79. The standard InChI is InChI=1S/C23H30N6O8/c1-37-21(34)13-18-23(36)28(14-20(32)33)10-11-29(18)22(35)17(25-15-30)12-19(31)27-8-6-26(7-9-27)16-2-4-24-5-3-16/h2-5,15,17-18H,6-14H2,1H3,(H,25,30)(H,32,33)/t17-,18+/m0/s1. The lowest BCUT2D eigenvalue weighted by Crippen LogP contribution is -2.63. The first-order valence-electron chi connectivity index (χ1n) is 11.8. The van der Waals surface area contributed by atoms with Gasteiger partial charge in [-0.25, -0.2) is 0 Å². The molecule has 3 heterocycles. The first-order valence-corrected chi connectivity index (χ1v) is 11.8. The van der Waals surface area contributed by atoms with Crippen LogP contribution in [0.5, 0.6) is 0 Å². The molecule has 2 fully saturated rings. The summed E-state index contributed by atoms with van der Waals surface area (Å²) in [4.78, 5) is 83.5. The van der Waals surface area contributed by atoms with E-state index in [0.29, 0.717) is 32.6 Å². The molecule has 2 atom stereocenters. The number of carboxylic acid groups (broad SMARTS) is 1. The summed E-state index contributed by atoms with van der Waals surface area (Å²) in [7, 11) is 1.13. The molecule has 37 heavy (non-hydrogen) atoms. The minimum atomic E-state index is -1.32. The zero-order valence-corrected chi connectivity index (χ0v) is 20.4. The number of aliphatic carboxylic acids is 1. The first kappa shape index (κ1) is 27.4. The Morgan fingerprint density at radius 3 is 2.41 bits per heavy atom. The highest BCUT2D eigenvalue weighted by atomic mass is 16.5. The maximum atomic E-state index is 13.4. The average molecular weight is 519 g/mol. The van der Waals surface area contributed by atoms with Crippen molar-refractivity contribution in [3.63, 3.8) is 0 Å². The van der Waals surface area contributed by atoms with Gasteiger partial charge in [0.2, 0.25) is 24.1 Å². The van der Waals surface area contributed by atoms with Crippen LogP contribution in [0.2, 0.25) is 0 Å². The van der Waals surface area contributed by atoms with Crippen molar-refractivity contribution in [1.82, 2.24) is 25.0 Å². The summed E-state index contributed by atoms with van der Waals surface area (Å²) in [6.45, 7) is 1.26. The second kappa shape index (κ2) is 12.6. The Hall–Kier alpha value is -4.23. The predicted octanol–water partition coefficient (Wildman–Crippen LogP) is -2.08. The molecule has 0 spiro atoms. The quantitative estimate of drug-likeness (QED) is 0.259. The van der Waals surface area contributed by atoms with E-state index in [0.717, 1.165) is 22.6 Å². The summed E-state index contributed by atoms with van der Waals surface area (Å²) in [5.41, 5.74) is 0.987. The van der Waals surface area contributed by atoms with E-state index in [2.05, 4.69) is 19.9 Å². The number of methoxy groups -OCH3 is 1. The molecule has 1 aromatic heterocycles. The summed E-state index contributed by atoms with van der Waals surface area (Å²) in [6.07, 6.45) is 2.86. The number of hydrogen-bond acceptors (Lipinski definition) is 9. The van der Waals surface area contributed by atoms with E-state index in [4.69, 9.17) is 5.11 Å². The molecule has 0 radical (unpaired) electrons. The number of hydrogen-bond donors (Lipinski definition) is 2. The van der Waals surface area contributed by atoms with Gasteiger partial charge >= 0.3 is 11.9 Å². The van der Waals surface area contributed by atoms with Gasteiger partial charge in [0.15, 0.2) is 0 Å². The van der Waals surface area contributed by atoms with Crippen molar-refractivity contribution >= 4 is 41.8 Å². The number of nitrogens with zero attached hydrogens (tertiary/aromatic N) is 5. The van der Waals surface area contributed by atoms with Crippen LogP contribution < -0.4 is 10.2 Å². The van der Waals surface area contributed by atoms with Crippen molar-refractivity contribution in [1.29, 1.82) is 0 Å². The molecule has 2 aliphatic heterocycles. The second-order valence-corrected chi connectivity index (χ2v) is 8.60. The van der Waals surface area contributed by atoms with Crippen LogP contribution in [0, 0.1) is 0 Å². The molecule has 14 heteroatoms. The molecule has 3 rings (SSSR count). The van der Waals surface area contributed by atoms with E-state index in [-0.39, 0.29) is 25.4 Å². The van der Waals surface area contributed by atoms with Crippen LogP contribution in [0.15, 0.2) is 24.5 Å². The summed E-state index contributed by atoms with van der Waals surface area (Å²) in [6, 6.07) is 1.18. The molecule has 2 aliphatic rings. The number of ether oxygens (including phenoxy) is 1. The Bertz CT molecular complexity index is 1010. The maximum absolute atomic E-state index is 13.4. The molecular weight excluding hydrogens is 488 g/mol. The fourth-order valence-corrected chi connectivity index (χ4v) is 4.43. The molecule has 2 saturated heterocycles. The van der Waals surface area contributed by atoms with Crippen molar-refractivity contribution in [3.05, 3.63) is 24.5 Å². The zero-order valence-electron chi connectivity index (χ0n) is 20.4. The molecule has 0 saturated carbocycles. The van der Waals surface area contributed by atoms with Crippen LogP contribution >= 0.6 is 0 Å². The Balaban J connectivity index is 1.67. The molecular formula is C23H30N6O8. The SMILES string of the molecule is COC(=O)C[C@@H]1C(=O)N(CC(=O)O)CCN1C(=O)[C@H](CC(=O)N1CCN(c2ccncc2)CC1)NC=O. The topological polar surface area (TPSA) is 170 Å². The minimum absolute atomic E-state index is 0.0741. The van der Waals surface area contributed by atoms with Gasteiger partial charge in [0, 0.05) is 57.3 Å². The normalized spacial score (nSPS) is 18.7. The van der Waals surface area contributed by atoms with Gasteiger partial charge in [-0.3, -0.25) is 33.8 Å². The number of aromatic nitrogens is 1. The number of nitrogens with one attached hydrogen (secondary N) is 1. The minimum Gasteiger partial charge on any atom is -0.480 e.